The van der Waals surface area contributed by atoms with E-state index in [9.17, 15) is 4.79 Å². The lowest BCUT2D eigenvalue weighted by atomic mass is 9.89. The van der Waals surface area contributed by atoms with E-state index < -0.39 is 11.8 Å². The molecule has 1 N–H and O–H groups in total. The number of carbonyl (C=O) groups is 1. The van der Waals surface area contributed by atoms with Crippen molar-refractivity contribution in [3.8, 4) is 0 Å². The van der Waals surface area contributed by atoms with Gasteiger partial charge >= 0.3 is 6.16 Å². The molecule has 0 aromatic rings. The Bertz CT molecular complexity index is 174. The highest BCUT2D eigenvalue weighted by atomic mass is 79.9. The molecule has 0 saturated carbocycles. The van der Waals surface area contributed by atoms with Crippen LogP contribution < -0.4 is 0 Å². The minimum Gasteiger partial charge on any atom is -0.450 e. The van der Waals surface area contributed by atoms with Crippen LogP contribution in [0.25, 0.3) is 0 Å². The summed E-state index contributed by atoms with van der Waals surface area (Å²) in [5.74, 6) is 0. The zero-order valence-corrected chi connectivity index (χ0v) is 10.6. The van der Waals surface area contributed by atoms with E-state index in [0.717, 1.165) is 25.7 Å². The number of ether oxygens (including phenoxy) is 1. The molecule has 0 aliphatic carbocycles. The lowest BCUT2D eigenvalue weighted by Crippen LogP contribution is -2.41. The molecule has 0 spiro atoms. The quantitative estimate of drug-likeness (QED) is 0.588. The summed E-state index contributed by atoms with van der Waals surface area (Å²) in [6.07, 6.45) is 2.18. The van der Waals surface area contributed by atoms with Gasteiger partial charge in [-0.25, -0.2) is 4.79 Å². The number of halogens is 1. The Balaban J connectivity index is 4.63. The molecule has 0 bridgehead atoms. The summed E-state index contributed by atoms with van der Waals surface area (Å²) in [6.45, 7) is 6.00. The van der Waals surface area contributed by atoms with E-state index in [0.29, 0.717) is 0 Å². The maximum atomic E-state index is 10.6. The first-order valence-electron chi connectivity index (χ1n) is 5.04. The van der Waals surface area contributed by atoms with Crippen molar-refractivity contribution in [2.24, 2.45) is 0 Å². The van der Waals surface area contributed by atoms with Gasteiger partial charge in [0.15, 0.2) is 0 Å². The Hall–Kier alpha value is -0.250. The monoisotopic (exact) mass is 266 g/mol. The zero-order valence-electron chi connectivity index (χ0n) is 9.05. The predicted molar refractivity (Wildman–Crippen MR) is 60.0 cm³/mol. The van der Waals surface area contributed by atoms with Crippen LogP contribution in [-0.4, -0.2) is 21.7 Å². The molecule has 0 aromatic carbocycles. The van der Waals surface area contributed by atoms with Crippen molar-refractivity contribution < 1.29 is 14.6 Å². The van der Waals surface area contributed by atoms with Crippen LogP contribution in [0.15, 0.2) is 0 Å². The average Bonchev–Trinajstić information content (AvgIpc) is 2.03. The fraction of sp³-hybridized carbons (Fsp3) is 0.900. The second kappa shape index (κ2) is 6.27. The van der Waals surface area contributed by atoms with E-state index in [1.807, 2.05) is 20.8 Å². The minimum absolute atomic E-state index is 0.0472. The Labute approximate surface area is 94.0 Å². The van der Waals surface area contributed by atoms with Crippen molar-refractivity contribution in [3.63, 3.8) is 0 Å². The molecule has 0 aliphatic rings. The van der Waals surface area contributed by atoms with Crippen LogP contribution in [0.5, 0.6) is 0 Å². The minimum atomic E-state index is -1.18. The molecule has 0 amide bonds. The Morgan fingerprint density at radius 1 is 1.43 bits per heavy atom. The van der Waals surface area contributed by atoms with E-state index >= 15 is 0 Å². The third-order valence-electron chi connectivity index (χ3n) is 2.36. The fourth-order valence-corrected chi connectivity index (χ4v) is 2.28. The molecule has 0 saturated heterocycles. The molecular weight excluding hydrogens is 248 g/mol. The van der Waals surface area contributed by atoms with Gasteiger partial charge in [-0.3, -0.25) is 0 Å². The van der Waals surface area contributed by atoms with Crippen LogP contribution in [0.3, 0.4) is 0 Å². The smallest absolute Gasteiger partial charge is 0.450 e. The standard InChI is InChI=1S/C10H19BrO3/c1-4-6-10(7-5-2,8(3)11)14-9(12)13/h8H,4-7H2,1-3H3,(H,12,13). The summed E-state index contributed by atoms with van der Waals surface area (Å²) in [4.78, 5) is 10.7. The molecule has 0 rings (SSSR count). The largest absolute Gasteiger partial charge is 0.506 e. The number of rotatable bonds is 6. The number of hydrogen-bond donors (Lipinski definition) is 1. The van der Waals surface area contributed by atoms with E-state index in [1.165, 1.54) is 0 Å². The molecule has 0 fully saturated rings. The fourth-order valence-electron chi connectivity index (χ4n) is 1.73. The summed E-state index contributed by atoms with van der Waals surface area (Å²) in [6, 6.07) is 0. The third-order valence-corrected chi connectivity index (χ3v) is 3.20. The van der Waals surface area contributed by atoms with Crippen molar-refractivity contribution in [2.75, 3.05) is 0 Å². The van der Waals surface area contributed by atoms with Gasteiger partial charge in [-0.15, -0.1) is 0 Å². The molecule has 0 heterocycles. The summed E-state index contributed by atoms with van der Waals surface area (Å²) in [7, 11) is 0. The molecule has 84 valence electrons. The summed E-state index contributed by atoms with van der Waals surface area (Å²) < 4.78 is 5.05. The Kier molecular flexibility index (Phi) is 6.16. The van der Waals surface area contributed by atoms with Crippen LogP contribution in [0.2, 0.25) is 0 Å². The number of carboxylic acid groups (broad SMARTS) is 1. The SMILES string of the molecule is CCCC(CCC)(OC(=O)O)C(C)Br. The first kappa shape index (κ1) is 13.8. The average molecular weight is 267 g/mol. The lowest BCUT2D eigenvalue weighted by molar-refractivity contribution is -0.0284. The number of alkyl halides is 1. The highest BCUT2D eigenvalue weighted by molar-refractivity contribution is 9.09. The van der Waals surface area contributed by atoms with Crippen molar-refractivity contribution in [2.45, 2.75) is 56.9 Å². The predicted octanol–water partition coefficient (Wildman–Crippen LogP) is 3.80. The second-order valence-electron chi connectivity index (χ2n) is 3.55. The third kappa shape index (κ3) is 3.86. The number of hydrogen-bond acceptors (Lipinski definition) is 2. The molecule has 0 aliphatic heterocycles. The topological polar surface area (TPSA) is 46.5 Å². The second-order valence-corrected chi connectivity index (χ2v) is 4.92. The maximum absolute atomic E-state index is 10.6. The van der Waals surface area contributed by atoms with Crippen LogP contribution in [0, 0.1) is 0 Å². The normalized spacial score (nSPS) is 13.7. The van der Waals surface area contributed by atoms with Crippen LogP contribution >= 0.6 is 15.9 Å². The van der Waals surface area contributed by atoms with Gasteiger partial charge in [0.05, 0.1) is 4.83 Å². The van der Waals surface area contributed by atoms with Gasteiger partial charge in [-0.05, 0) is 19.8 Å². The van der Waals surface area contributed by atoms with Gasteiger partial charge in [0.25, 0.3) is 0 Å². The molecule has 0 radical (unpaired) electrons. The summed E-state index contributed by atoms with van der Waals surface area (Å²) >= 11 is 3.44. The van der Waals surface area contributed by atoms with Gasteiger partial charge in [-0.2, -0.15) is 0 Å². The summed E-state index contributed by atoms with van der Waals surface area (Å²) in [5.41, 5.74) is -0.560. The van der Waals surface area contributed by atoms with E-state index in [4.69, 9.17) is 9.84 Å². The van der Waals surface area contributed by atoms with Gasteiger partial charge in [0.2, 0.25) is 0 Å². The molecule has 14 heavy (non-hydrogen) atoms. The molecule has 1 atom stereocenters. The molecule has 3 nitrogen and oxygen atoms in total. The first-order chi connectivity index (χ1) is 6.48. The van der Waals surface area contributed by atoms with Gasteiger partial charge in [-0.1, -0.05) is 42.6 Å². The van der Waals surface area contributed by atoms with Gasteiger partial charge < -0.3 is 9.84 Å². The maximum Gasteiger partial charge on any atom is 0.506 e. The van der Waals surface area contributed by atoms with Gasteiger partial charge in [0, 0.05) is 0 Å². The van der Waals surface area contributed by atoms with Crippen molar-refractivity contribution in [1.82, 2.24) is 0 Å². The highest BCUT2D eigenvalue weighted by Crippen LogP contribution is 2.32. The van der Waals surface area contributed by atoms with E-state index in [2.05, 4.69) is 15.9 Å². The molecule has 1 unspecified atom stereocenters. The molecule has 0 aromatic heterocycles. The van der Waals surface area contributed by atoms with Crippen LogP contribution in [0.1, 0.15) is 46.5 Å². The Morgan fingerprint density at radius 2 is 1.86 bits per heavy atom. The Morgan fingerprint density at radius 3 is 2.07 bits per heavy atom. The van der Waals surface area contributed by atoms with Crippen molar-refractivity contribution in [1.29, 1.82) is 0 Å². The van der Waals surface area contributed by atoms with Gasteiger partial charge in [0.1, 0.15) is 5.60 Å². The zero-order chi connectivity index (χ0) is 11.2. The van der Waals surface area contributed by atoms with Crippen molar-refractivity contribution in [3.05, 3.63) is 0 Å². The van der Waals surface area contributed by atoms with Crippen molar-refractivity contribution >= 4 is 22.1 Å². The molecular formula is C10H19BrO3. The summed E-state index contributed by atoms with van der Waals surface area (Å²) in [5, 5.41) is 8.71. The highest BCUT2D eigenvalue weighted by Gasteiger charge is 2.37. The van der Waals surface area contributed by atoms with E-state index in [-0.39, 0.29) is 4.83 Å². The molecule has 4 heteroatoms. The van der Waals surface area contributed by atoms with Crippen LogP contribution in [0.4, 0.5) is 4.79 Å². The first-order valence-corrected chi connectivity index (χ1v) is 5.96. The van der Waals surface area contributed by atoms with Crippen LogP contribution in [-0.2, 0) is 4.74 Å². The van der Waals surface area contributed by atoms with E-state index in [1.54, 1.807) is 0 Å². The lowest BCUT2D eigenvalue weighted by Gasteiger charge is -2.34.